The van der Waals surface area contributed by atoms with Gasteiger partial charge in [0.05, 0.1) is 5.56 Å². The van der Waals surface area contributed by atoms with Crippen molar-refractivity contribution in [1.29, 1.82) is 0 Å². The molecule has 0 spiro atoms. The number of aromatic nitrogens is 2. The largest absolute Gasteiger partial charge is 0.507 e. The maximum absolute atomic E-state index is 12.2. The number of fused-ring (bicyclic) bond motifs is 1. The fraction of sp³-hybridized carbons (Fsp3) is 0.0714. The van der Waals surface area contributed by atoms with E-state index in [4.69, 9.17) is 0 Å². The minimum atomic E-state index is -0.399. The molecule has 2 N–H and O–H groups in total. The smallest absolute Gasteiger partial charge is 0.261 e. The average Bonchev–Trinajstić information content (AvgIpc) is 2.83. The maximum Gasteiger partial charge on any atom is 0.261 e. The van der Waals surface area contributed by atoms with Crippen LogP contribution in [0.3, 0.4) is 0 Å². The van der Waals surface area contributed by atoms with Gasteiger partial charge >= 0.3 is 0 Å². The second-order valence-electron chi connectivity index (χ2n) is 4.30. The number of aryl methyl sites for hydroxylation is 1. The highest BCUT2D eigenvalue weighted by molar-refractivity contribution is 7.15. The average molecular weight is 285 g/mol. The molecule has 0 aliphatic carbocycles. The molecule has 3 rings (SSSR count). The van der Waals surface area contributed by atoms with Gasteiger partial charge in [0.25, 0.3) is 5.91 Å². The number of hydrogen-bond acceptors (Lipinski definition) is 5. The standard InChI is InChI=1S/C14H11N3O2S/c1-8-16-17-14(20-8)15-13(19)11-6-9-4-2-3-5-10(9)7-12(11)18/h2-7,18H,1H3,(H,15,17,19). The zero-order valence-corrected chi connectivity index (χ0v) is 11.4. The van der Waals surface area contributed by atoms with Crippen molar-refractivity contribution in [2.75, 3.05) is 5.32 Å². The number of amides is 1. The topological polar surface area (TPSA) is 75.1 Å². The fourth-order valence-corrected chi connectivity index (χ4v) is 2.51. The number of hydrogen-bond donors (Lipinski definition) is 2. The lowest BCUT2D eigenvalue weighted by atomic mass is 10.1. The Bertz CT molecular complexity index is 798. The van der Waals surface area contributed by atoms with Gasteiger partial charge in [-0.05, 0) is 29.8 Å². The van der Waals surface area contributed by atoms with E-state index in [1.165, 1.54) is 11.3 Å². The summed E-state index contributed by atoms with van der Waals surface area (Å²) in [6, 6.07) is 10.8. The monoisotopic (exact) mass is 285 g/mol. The zero-order valence-electron chi connectivity index (χ0n) is 10.6. The lowest BCUT2D eigenvalue weighted by molar-refractivity contribution is 0.102. The minimum absolute atomic E-state index is 0.0533. The highest BCUT2D eigenvalue weighted by Crippen LogP contribution is 2.26. The first kappa shape index (κ1) is 12.6. The van der Waals surface area contributed by atoms with Gasteiger partial charge in [0, 0.05) is 0 Å². The summed E-state index contributed by atoms with van der Waals surface area (Å²) in [7, 11) is 0. The molecule has 2 aromatic carbocycles. The molecule has 100 valence electrons. The third-order valence-electron chi connectivity index (χ3n) is 2.86. The Balaban J connectivity index is 1.96. The van der Waals surface area contributed by atoms with Crippen molar-refractivity contribution in [2.45, 2.75) is 6.92 Å². The number of aromatic hydroxyl groups is 1. The van der Waals surface area contributed by atoms with Gasteiger partial charge in [-0.15, -0.1) is 10.2 Å². The van der Waals surface area contributed by atoms with Crippen LogP contribution in [0.2, 0.25) is 0 Å². The Kier molecular flexibility index (Phi) is 3.08. The fourth-order valence-electron chi connectivity index (χ4n) is 1.92. The Hall–Kier alpha value is -2.47. The van der Waals surface area contributed by atoms with Gasteiger partial charge in [0.2, 0.25) is 5.13 Å². The van der Waals surface area contributed by atoms with Crippen LogP contribution in [0.4, 0.5) is 5.13 Å². The third-order valence-corrected chi connectivity index (χ3v) is 3.61. The number of phenolic OH excluding ortho intramolecular Hbond substituents is 1. The molecule has 0 bridgehead atoms. The number of nitrogens with zero attached hydrogens (tertiary/aromatic N) is 2. The molecule has 0 saturated carbocycles. The van der Waals surface area contributed by atoms with Crippen LogP contribution in [0.5, 0.6) is 5.75 Å². The summed E-state index contributed by atoms with van der Waals surface area (Å²) in [4.78, 5) is 12.2. The van der Waals surface area contributed by atoms with E-state index in [-0.39, 0.29) is 11.3 Å². The SMILES string of the molecule is Cc1nnc(NC(=O)c2cc3ccccc3cc2O)s1. The van der Waals surface area contributed by atoms with Crippen LogP contribution in [0, 0.1) is 6.92 Å². The normalized spacial score (nSPS) is 10.7. The first-order chi connectivity index (χ1) is 9.63. The molecule has 0 aliphatic heterocycles. The summed E-state index contributed by atoms with van der Waals surface area (Å²) in [5.74, 6) is -0.452. The van der Waals surface area contributed by atoms with Gasteiger partial charge in [-0.1, -0.05) is 35.6 Å². The van der Waals surface area contributed by atoms with Crippen molar-refractivity contribution in [3.63, 3.8) is 0 Å². The quantitative estimate of drug-likeness (QED) is 0.759. The van der Waals surface area contributed by atoms with Crippen LogP contribution >= 0.6 is 11.3 Å². The van der Waals surface area contributed by atoms with Crippen molar-refractivity contribution >= 4 is 33.1 Å². The van der Waals surface area contributed by atoms with Gasteiger partial charge in [-0.2, -0.15) is 0 Å². The molecule has 0 aliphatic rings. The Morgan fingerprint density at radius 3 is 2.55 bits per heavy atom. The molecule has 0 saturated heterocycles. The summed E-state index contributed by atoms with van der Waals surface area (Å²) in [6.45, 7) is 1.81. The number of anilines is 1. The molecule has 0 fully saturated rings. The molecule has 5 nitrogen and oxygen atoms in total. The van der Waals surface area contributed by atoms with Crippen LogP contribution in [0.15, 0.2) is 36.4 Å². The Morgan fingerprint density at radius 2 is 1.90 bits per heavy atom. The second kappa shape index (κ2) is 4.90. The van der Waals surface area contributed by atoms with Crippen LogP contribution in [0.25, 0.3) is 10.8 Å². The number of carbonyl (C=O) groups excluding carboxylic acids is 1. The predicted molar refractivity (Wildman–Crippen MR) is 78.2 cm³/mol. The van der Waals surface area contributed by atoms with E-state index < -0.39 is 5.91 Å². The van der Waals surface area contributed by atoms with Gasteiger partial charge in [-0.25, -0.2) is 0 Å². The second-order valence-corrected chi connectivity index (χ2v) is 5.48. The minimum Gasteiger partial charge on any atom is -0.507 e. The van der Waals surface area contributed by atoms with Crippen LogP contribution in [0.1, 0.15) is 15.4 Å². The lowest BCUT2D eigenvalue weighted by Crippen LogP contribution is -2.12. The maximum atomic E-state index is 12.2. The molecule has 0 atom stereocenters. The molecule has 0 unspecified atom stereocenters. The number of carbonyl (C=O) groups is 1. The molecule has 20 heavy (non-hydrogen) atoms. The van der Waals surface area contributed by atoms with E-state index in [1.54, 1.807) is 19.1 Å². The van der Waals surface area contributed by atoms with E-state index in [0.717, 1.165) is 15.8 Å². The molecule has 3 aromatic rings. The summed E-state index contributed by atoms with van der Waals surface area (Å²) in [5, 5.41) is 23.2. The zero-order chi connectivity index (χ0) is 14.1. The van der Waals surface area contributed by atoms with E-state index >= 15 is 0 Å². The first-order valence-corrected chi connectivity index (χ1v) is 6.78. The van der Waals surface area contributed by atoms with Crippen molar-refractivity contribution in [3.05, 3.63) is 47.0 Å². The van der Waals surface area contributed by atoms with Crippen molar-refractivity contribution in [1.82, 2.24) is 10.2 Å². The van der Waals surface area contributed by atoms with Crippen LogP contribution in [-0.2, 0) is 0 Å². The number of nitrogens with one attached hydrogen (secondary N) is 1. The van der Waals surface area contributed by atoms with E-state index in [9.17, 15) is 9.90 Å². The Morgan fingerprint density at radius 1 is 1.20 bits per heavy atom. The summed E-state index contributed by atoms with van der Waals surface area (Å²) >= 11 is 1.28. The first-order valence-electron chi connectivity index (χ1n) is 5.97. The van der Waals surface area contributed by atoms with E-state index in [1.807, 2.05) is 24.3 Å². The van der Waals surface area contributed by atoms with Crippen LogP contribution < -0.4 is 5.32 Å². The molecule has 0 radical (unpaired) electrons. The highest BCUT2D eigenvalue weighted by atomic mass is 32.1. The molecule has 1 heterocycles. The Labute approximate surface area is 118 Å². The van der Waals surface area contributed by atoms with Crippen LogP contribution in [-0.4, -0.2) is 21.2 Å². The van der Waals surface area contributed by atoms with Gasteiger partial charge in [0.15, 0.2) is 0 Å². The molecular formula is C14H11N3O2S. The van der Waals surface area contributed by atoms with Crippen molar-refractivity contribution in [3.8, 4) is 5.75 Å². The predicted octanol–water partition coefficient (Wildman–Crippen LogP) is 2.96. The third kappa shape index (κ3) is 2.33. The molecule has 1 amide bonds. The summed E-state index contributed by atoms with van der Waals surface area (Å²) < 4.78 is 0. The van der Waals surface area contributed by atoms with E-state index in [0.29, 0.717) is 5.13 Å². The molecule has 1 aromatic heterocycles. The number of phenols is 1. The van der Waals surface area contributed by atoms with Gasteiger partial charge in [0.1, 0.15) is 10.8 Å². The molecular weight excluding hydrogens is 274 g/mol. The van der Waals surface area contributed by atoms with Crippen molar-refractivity contribution in [2.24, 2.45) is 0 Å². The van der Waals surface area contributed by atoms with Crippen molar-refractivity contribution < 1.29 is 9.90 Å². The van der Waals surface area contributed by atoms with Gasteiger partial charge in [-0.3, -0.25) is 10.1 Å². The number of rotatable bonds is 2. The highest BCUT2D eigenvalue weighted by Gasteiger charge is 2.14. The molecule has 6 heteroatoms. The summed E-state index contributed by atoms with van der Waals surface area (Å²) in [5.41, 5.74) is 0.219. The van der Waals surface area contributed by atoms with E-state index in [2.05, 4.69) is 15.5 Å². The summed E-state index contributed by atoms with van der Waals surface area (Å²) in [6.07, 6.45) is 0. The van der Waals surface area contributed by atoms with Gasteiger partial charge < -0.3 is 5.11 Å². The lowest BCUT2D eigenvalue weighted by Gasteiger charge is -2.06. The number of benzene rings is 2.